The number of hydrogen-bond acceptors (Lipinski definition) is 3. The Labute approximate surface area is 186 Å². The molecule has 0 radical (unpaired) electrons. The lowest BCUT2D eigenvalue weighted by atomic mass is 10.2. The first-order chi connectivity index (χ1) is 13.5. The second-order valence-corrected chi connectivity index (χ2v) is 8.57. The Morgan fingerprint density at radius 2 is 1.64 bits per heavy atom. The number of carbonyl (C=O) groups is 2. The summed E-state index contributed by atoms with van der Waals surface area (Å²) in [7, 11) is 0. The molecule has 0 aromatic heterocycles. The van der Waals surface area contributed by atoms with Gasteiger partial charge in [-0.2, -0.15) is 0 Å². The Morgan fingerprint density at radius 3 is 2.39 bits per heavy atom. The summed E-state index contributed by atoms with van der Waals surface area (Å²) in [5.41, 5.74) is 1.92. The number of halogens is 2. The maximum absolute atomic E-state index is 12.3. The largest absolute Gasteiger partial charge is 0.325 e. The van der Waals surface area contributed by atoms with E-state index >= 15 is 0 Å². The number of carbonyl (C=O) groups excluding carboxylic acids is 2. The molecule has 0 aliphatic rings. The van der Waals surface area contributed by atoms with Crippen molar-refractivity contribution in [3.05, 3.63) is 87.0 Å². The molecule has 3 aromatic carbocycles. The Balaban J connectivity index is 1.56. The van der Waals surface area contributed by atoms with Gasteiger partial charge in [-0.05, 0) is 83.3 Å². The van der Waals surface area contributed by atoms with Crippen molar-refractivity contribution >= 4 is 69.1 Å². The van der Waals surface area contributed by atoms with E-state index in [2.05, 4.69) is 33.2 Å². The fraction of sp³-hybridized carbons (Fsp3) is 0.0476. The van der Waals surface area contributed by atoms with Crippen molar-refractivity contribution in [2.75, 3.05) is 16.4 Å². The smallest absolute Gasteiger partial charge is 0.255 e. The minimum absolute atomic E-state index is 0.0837. The van der Waals surface area contributed by atoms with Gasteiger partial charge in [-0.15, -0.1) is 11.8 Å². The number of benzene rings is 3. The zero-order chi connectivity index (χ0) is 19.9. The first-order valence-electron chi connectivity index (χ1n) is 8.35. The lowest BCUT2D eigenvalue weighted by molar-refractivity contribution is -0.113. The van der Waals surface area contributed by atoms with Crippen molar-refractivity contribution < 1.29 is 9.59 Å². The number of thioether (sulfide) groups is 1. The van der Waals surface area contributed by atoms with Crippen molar-refractivity contribution in [1.29, 1.82) is 0 Å². The Kier molecular flexibility index (Phi) is 7.36. The summed E-state index contributed by atoms with van der Waals surface area (Å²) in [6.45, 7) is 0. The third kappa shape index (κ3) is 6.25. The van der Waals surface area contributed by atoms with Crippen LogP contribution in [-0.2, 0) is 4.79 Å². The molecule has 0 aliphatic carbocycles. The van der Waals surface area contributed by atoms with Gasteiger partial charge in [-0.25, -0.2) is 0 Å². The van der Waals surface area contributed by atoms with Crippen LogP contribution in [0.25, 0.3) is 0 Å². The summed E-state index contributed by atoms with van der Waals surface area (Å²) in [6, 6.07) is 21.8. The van der Waals surface area contributed by atoms with Crippen LogP contribution in [0.3, 0.4) is 0 Å². The summed E-state index contributed by atoms with van der Waals surface area (Å²) in [6.07, 6.45) is 0. The minimum Gasteiger partial charge on any atom is -0.325 e. The van der Waals surface area contributed by atoms with Crippen LogP contribution in [-0.4, -0.2) is 17.6 Å². The van der Waals surface area contributed by atoms with Crippen LogP contribution in [0.1, 0.15) is 10.4 Å². The van der Waals surface area contributed by atoms with E-state index in [1.807, 2.05) is 42.5 Å². The lowest BCUT2D eigenvalue weighted by Crippen LogP contribution is -2.14. The molecule has 0 heterocycles. The predicted octanol–water partition coefficient (Wildman–Crippen LogP) is 5.93. The molecule has 2 N–H and O–H groups in total. The Bertz CT molecular complexity index is 996. The van der Waals surface area contributed by atoms with Crippen molar-refractivity contribution in [3.8, 4) is 0 Å². The van der Waals surface area contributed by atoms with Gasteiger partial charge in [-0.3, -0.25) is 9.59 Å². The van der Waals surface area contributed by atoms with Crippen LogP contribution in [0.2, 0.25) is 5.02 Å². The summed E-state index contributed by atoms with van der Waals surface area (Å²) < 4.78 is 1.11. The SMILES string of the molecule is O=C(CSc1cccc(NC(=O)c2cccc(Cl)c2)c1)Nc1ccc(I)cc1. The van der Waals surface area contributed by atoms with Crippen LogP contribution in [0.5, 0.6) is 0 Å². The van der Waals surface area contributed by atoms with Crippen molar-refractivity contribution in [3.63, 3.8) is 0 Å². The minimum atomic E-state index is -0.235. The molecule has 3 aromatic rings. The average molecular weight is 523 g/mol. The van der Waals surface area contributed by atoms with Crippen LogP contribution in [0.4, 0.5) is 11.4 Å². The van der Waals surface area contributed by atoms with Crippen LogP contribution in [0.15, 0.2) is 77.7 Å². The highest BCUT2D eigenvalue weighted by molar-refractivity contribution is 14.1. The zero-order valence-electron chi connectivity index (χ0n) is 14.6. The summed E-state index contributed by atoms with van der Waals surface area (Å²) >= 11 is 9.55. The molecule has 0 saturated heterocycles. The molecule has 3 rings (SSSR count). The molecule has 0 atom stereocenters. The molecular formula is C21H16ClIN2O2S. The summed E-state index contributed by atoms with van der Waals surface area (Å²) in [5.74, 6) is -0.0433. The third-order valence-corrected chi connectivity index (χ3v) is 5.62. The summed E-state index contributed by atoms with van der Waals surface area (Å²) in [4.78, 5) is 25.4. The molecule has 142 valence electrons. The molecule has 7 heteroatoms. The highest BCUT2D eigenvalue weighted by Gasteiger charge is 2.08. The van der Waals surface area contributed by atoms with E-state index in [0.29, 0.717) is 16.3 Å². The van der Waals surface area contributed by atoms with Gasteiger partial charge in [0, 0.05) is 30.4 Å². The topological polar surface area (TPSA) is 58.2 Å². The fourth-order valence-corrected chi connectivity index (χ4v) is 3.68. The normalized spacial score (nSPS) is 10.4. The molecule has 0 bridgehead atoms. The van der Waals surface area contributed by atoms with Crippen molar-refractivity contribution in [1.82, 2.24) is 0 Å². The first kappa shape index (κ1) is 20.7. The standard InChI is InChI=1S/C21H16ClIN2O2S/c22-15-4-1-3-14(11-15)21(27)25-18-5-2-6-19(12-18)28-13-20(26)24-17-9-7-16(23)8-10-17/h1-12H,13H2,(H,24,26)(H,25,27). The molecule has 0 spiro atoms. The van der Waals surface area contributed by atoms with Crippen molar-refractivity contribution in [2.45, 2.75) is 4.90 Å². The van der Waals surface area contributed by atoms with Gasteiger partial charge in [0.15, 0.2) is 0 Å². The van der Waals surface area contributed by atoms with Crippen LogP contribution < -0.4 is 10.6 Å². The number of amides is 2. The van der Waals surface area contributed by atoms with Gasteiger partial charge in [0.05, 0.1) is 5.75 Å². The monoisotopic (exact) mass is 522 g/mol. The summed E-state index contributed by atoms with van der Waals surface area (Å²) in [5, 5.41) is 6.22. The highest BCUT2D eigenvalue weighted by Crippen LogP contribution is 2.23. The van der Waals surface area contributed by atoms with Crippen LogP contribution >= 0.6 is 46.0 Å². The number of hydrogen-bond donors (Lipinski definition) is 2. The second-order valence-electron chi connectivity index (χ2n) is 5.84. The van der Waals surface area contributed by atoms with E-state index in [1.54, 1.807) is 30.3 Å². The molecular weight excluding hydrogens is 507 g/mol. The van der Waals surface area contributed by atoms with E-state index < -0.39 is 0 Å². The van der Waals surface area contributed by atoms with E-state index in [1.165, 1.54) is 11.8 Å². The fourth-order valence-electron chi connectivity index (χ4n) is 2.38. The van der Waals surface area contributed by atoms with Crippen LogP contribution in [0, 0.1) is 3.57 Å². The Morgan fingerprint density at radius 1 is 0.893 bits per heavy atom. The second kappa shape index (κ2) is 9.95. The van der Waals surface area contributed by atoms with Crippen molar-refractivity contribution in [2.24, 2.45) is 0 Å². The molecule has 4 nitrogen and oxygen atoms in total. The van der Waals surface area contributed by atoms with Gasteiger partial charge in [-0.1, -0.05) is 23.7 Å². The molecule has 0 fully saturated rings. The van der Waals surface area contributed by atoms with Gasteiger partial charge in [0.25, 0.3) is 5.91 Å². The van der Waals surface area contributed by atoms with Gasteiger partial charge in [0.1, 0.15) is 0 Å². The number of anilines is 2. The van der Waals surface area contributed by atoms with E-state index in [4.69, 9.17) is 11.6 Å². The Hall–Kier alpha value is -2.03. The quantitative estimate of drug-likeness (QED) is 0.312. The molecule has 2 amide bonds. The molecule has 28 heavy (non-hydrogen) atoms. The molecule has 0 aliphatic heterocycles. The lowest BCUT2D eigenvalue weighted by Gasteiger charge is -2.08. The van der Waals surface area contributed by atoms with E-state index in [-0.39, 0.29) is 17.6 Å². The predicted molar refractivity (Wildman–Crippen MR) is 124 cm³/mol. The van der Waals surface area contributed by atoms with E-state index in [9.17, 15) is 9.59 Å². The maximum atomic E-state index is 12.3. The van der Waals surface area contributed by atoms with Gasteiger partial charge < -0.3 is 10.6 Å². The molecule has 0 saturated carbocycles. The average Bonchev–Trinajstić information content (AvgIpc) is 2.68. The third-order valence-electron chi connectivity index (χ3n) is 3.68. The van der Waals surface area contributed by atoms with Gasteiger partial charge in [0.2, 0.25) is 5.91 Å². The highest BCUT2D eigenvalue weighted by atomic mass is 127. The van der Waals surface area contributed by atoms with E-state index in [0.717, 1.165) is 14.2 Å². The first-order valence-corrected chi connectivity index (χ1v) is 10.8. The number of rotatable bonds is 6. The molecule has 0 unspecified atom stereocenters. The van der Waals surface area contributed by atoms with Gasteiger partial charge >= 0.3 is 0 Å². The maximum Gasteiger partial charge on any atom is 0.255 e. The zero-order valence-corrected chi connectivity index (χ0v) is 18.3. The number of nitrogens with one attached hydrogen (secondary N) is 2.